The molecule has 0 aliphatic carbocycles. The van der Waals surface area contributed by atoms with Crippen molar-refractivity contribution in [3.63, 3.8) is 0 Å². The van der Waals surface area contributed by atoms with E-state index in [0.717, 1.165) is 38.7 Å². The molecule has 2 atom stereocenters. The van der Waals surface area contributed by atoms with Crippen LogP contribution in [0.4, 0.5) is 0 Å². The van der Waals surface area contributed by atoms with Gasteiger partial charge in [0.05, 0.1) is 5.71 Å². The molecule has 0 aromatic heterocycles. The van der Waals surface area contributed by atoms with Crippen LogP contribution in [0.15, 0.2) is 113 Å². The third kappa shape index (κ3) is 3.08. The fourth-order valence-corrected chi connectivity index (χ4v) is 4.40. The molecule has 4 aromatic rings. The summed E-state index contributed by atoms with van der Waals surface area (Å²) in [6.45, 7) is 0. The Hall–Kier alpha value is -4.18. The molecule has 2 heterocycles. The molecule has 0 fully saturated rings. The Morgan fingerprint density at radius 3 is 2.16 bits per heavy atom. The Bertz CT molecular complexity index is 1410. The number of rotatable bonds is 3. The molecular weight excluding hydrogens is 396 g/mol. The number of allylic oxidation sites excluding steroid dienone is 1. The number of benzene rings is 4. The van der Waals surface area contributed by atoms with E-state index in [-0.39, 0.29) is 11.8 Å². The minimum Gasteiger partial charge on any atom is -0.507 e. The Labute approximate surface area is 185 Å². The molecule has 154 valence electrons. The summed E-state index contributed by atoms with van der Waals surface area (Å²) in [4.78, 5) is 9.82. The van der Waals surface area contributed by atoms with Crippen LogP contribution in [0, 0.1) is 0 Å². The lowest BCUT2D eigenvalue weighted by Gasteiger charge is -2.24. The number of hydrogen-bond donors (Lipinski definition) is 1. The van der Waals surface area contributed by atoms with E-state index in [0.29, 0.717) is 5.90 Å². The summed E-state index contributed by atoms with van der Waals surface area (Å²) in [7, 11) is 0. The third-order valence-electron chi connectivity index (χ3n) is 5.92. The smallest absolute Gasteiger partial charge is 0.219 e. The minimum absolute atomic E-state index is 0.228. The van der Waals surface area contributed by atoms with Gasteiger partial charge in [-0.1, -0.05) is 78.9 Å². The van der Waals surface area contributed by atoms with E-state index in [1.54, 1.807) is 6.07 Å². The first-order chi connectivity index (χ1) is 15.8. The van der Waals surface area contributed by atoms with Crippen LogP contribution < -0.4 is 0 Å². The van der Waals surface area contributed by atoms with E-state index in [9.17, 15) is 5.11 Å². The number of ether oxygens (including phenoxy) is 1. The van der Waals surface area contributed by atoms with Crippen molar-refractivity contribution in [2.45, 2.75) is 12.3 Å². The summed E-state index contributed by atoms with van der Waals surface area (Å²) in [5.74, 6) is 0.802. The minimum atomic E-state index is -0.487. The number of phenols is 1. The van der Waals surface area contributed by atoms with Crippen molar-refractivity contribution in [3.05, 3.63) is 120 Å². The maximum Gasteiger partial charge on any atom is 0.219 e. The fourth-order valence-electron chi connectivity index (χ4n) is 4.40. The van der Waals surface area contributed by atoms with E-state index < -0.39 is 6.23 Å². The third-order valence-corrected chi connectivity index (χ3v) is 5.92. The molecule has 2 aliphatic heterocycles. The number of phenolic OH excluding ortho intramolecular Hbond substituents is 1. The zero-order chi connectivity index (χ0) is 21.5. The van der Waals surface area contributed by atoms with Gasteiger partial charge in [0.15, 0.2) is 0 Å². The van der Waals surface area contributed by atoms with Crippen molar-refractivity contribution >= 4 is 28.0 Å². The van der Waals surface area contributed by atoms with Gasteiger partial charge in [-0.25, -0.2) is 9.98 Å². The monoisotopic (exact) mass is 416 g/mol. The van der Waals surface area contributed by atoms with Crippen molar-refractivity contribution in [1.29, 1.82) is 0 Å². The van der Waals surface area contributed by atoms with Crippen LogP contribution in [0.1, 0.15) is 16.7 Å². The molecule has 0 unspecified atom stereocenters. The predicted molar refractivity (Wildman–Crippen MR) is 128 cm³/mol. The number of nitrogens with zero attached hydrogens (tertiary/aromatic N) is 2. The van der Waals surface area contributed by atoms with Crippen LogP contribution in [-0.4, -0.2) is 29.0 Å². The highest BCUT2D eigenvalue weighted by molar-refractivity contribution is 6.16. The van der Waals surface area contributed by atoms with E-state index in [4.69, 9.17) is 14.7 Å². The lowest BCUT2D eigenvalue weighted by atomic mass is 9.88. The van der Waals surface area contributed by atoms with Crippen LogP contribution in [-0.2, 0) is 4.74 Å². The Morgan fingerprint density at radius 1 is 0.688 bits per heavy atom. The maximum atomic E-state index is 11.0. The number of dihydropyridines is 1. The zero-order valence-electron chi connectivity index (χ0n) is 17.2. The lowest BCUT2D eigenvalue weighted by Crippen LogP contribution is -2.28. The van der Waals surface area contributed by atoms with E-state index in [1.165, 1.54) is 0 Å². The van der Waals surface area contributed by atoms with Gasteiger partial charge in [-0.3, -0.25) is 0 Å². The van der Waals surface area contributed by atoms with Crippen LogP contribution in [0.3, 0.4) is 0 Å². The quantitative estimate of drug-likeness (QED) is 0.472. The van der Waals surface area contributed by atoms with Gasteiger partial charge in [0.2, 0.25) is 12.1 Å². The molecule has 0 saturated heterocycles. The Balaban J connectivity index is 1.56. The first-order valence-corrected chi connectivity index (χ1v) is 10.6. The molecule has 0 amide bonds. The van der Waals surface area contributed by atoms with Gasteiger partial charge >= 0.3 is 0 Å². The summed E-state index contributed by atoms with van der Waals surface area (Å²) < 4.78 is 6.25. The molecule has 0 saturated carbocycles. The van der Waals surface area contributed by atoms with Gasteiger partial charge in [-0.05, 0) is 46.2 Å². The topological polar surface area (TPSA) is 54.2 Å². The van der Waals surface area contributed by atoms with E-state index >= 15 is 0 Å². The van der Waals surface area contributed by atoms with Gasteiger partial charge in [0.25, 0.3) is 0 Å². The molecule has 4 heteroatoms. The van der Waals surface area contributed by atoms with Crippen molar-refractivity contribution in [3.8, 4) is 5.75 Å². The van der Waals surface area contributed by atoms with Crippen molar-refractivity contribution in [1.82, 2.24) is 0 Å². The maximum absolute atomic E-state index is 11.0. The van der Waals surface area contributed by atoms with E-state index in [1.807, 2.05) is 91.0 Å². The molecular formula is C28H20N2O2. The molecule has 2 aliphatic rings. The average molecular weight is 416 g/mol. The first-order valence-electron chi connectivity index (χ1n) is 10.6. The number of hydrogen-bond acceptors (Lipinski definition) is 4. The second-order valence-corrected chi connectivity index (χ2v) is 7.91. The van der Waals surface area contributed by atoms with Crippen LogP contribution in [0.2, 0.25) is 0 Å². The standard InChI is InChI=1S/C28H20N2O2/c31-24-16-15-18-9-7-8-14-21(18)25(24)22-17-23(19-10-3-1-4-11-19)29-28-26(22)30-27(32-28)20-12-5-2-6-13-20/h1-17,26,28,31H/t26-,28-/m1/s1. The largest absolute Gasteiger partial charge is 0.507 e. The zero-order valence-corrected chi connectivity index (χ0v) is 17.2. The number of aromatic hydroxyl groups is 1. The van der Waals surface area contributed by atoms with Crippen molar-refractivity contribution < 1.29 is 9.84 Å². The van der Waals surface area contributed by atoms with Crippen molar-refractivity contribution in [2.75, 3.05) is 0 Å². The summed E-state index contributed by atoms with van der Waals surface area (Å²) in [5, 5.41) is 13.0. The van der Waals surface area contributed by atoms with Gasteiger partial charge in [0, 0.05) is 11.1 Å². The molecule has 4 nitrogen and oxygen atoms in total. The molecule has 6 rings (SSSR count). The highest BCUT2D eigenvalue weighted by atomic mass is 16.5. The molecule has 1 N–H and O–H groups in total. The average Bonchev–Trinajstić information content (AvgIpc) is 3.29. The van der Waals surface area contributed by atoms with Crippen molar-refractivity contribution in [2.24, 2.45) is 9.98 Å². The van der Waals surface area contributed by atoms with Gasteiger partial charge in [0.1, 0.15) is 11.8 Å². The molecule has 32 heavy (non-hydrogen) atoms. The normalized spacial score (nSPS) is 19.6. The van der Waals surface area contributed by atoms with Gasteiger partial charge in [-0.2, -0.15) is 0 Å². The predicted octanol–water partition coefficient (Wildman–Crippen LogP) is 5.60. The van der Waals surface area contributed by atoms with Crippen LogP contribution >= 0.6 is 0 Å². The number of aliphatic imine (C=N–C) groups is 2. The number of fused-ring (bicyclic) bond motifs is 2. The van der Waals surface area contributed by atoms with Crippen LogP contribution in [0.25, 0.3) is 16.3 Å². The lowest BCUT2D eigenvalue weighted by molar-refractivity contribution is 0.218. The summed E-state index contributed by atoms with van der Waals surface area (Å²) in [6, 6.07) is 31.3. The Kier molecular flexibility index (Phi) is 4.36. The Morgan fingerprint density at radius 2 is 1.38 bits per heavy atom. The highest BCUT2D eigenvalue weighted by Gasteiger charge is 2.38. The first kappa shape index (κ1) is 18.6. The molecule has 4 aromatic carbocycles. The molecule has 0 radical (unpaired) electrons. The summed E-state index contributed by atoms with van der Waals surface area (Å²) in [5.41, 5.74) is 4.42. The molecule has 0 bridgehead atoms. The SMILES string of the molecule is Oc1ccc2ccccc2c1C1=CC(c2ccccc2)=N[C@@H]2OC(c3ccccc3)=N[C@H]12. The summed E-state index contributed by atoms with van der Waals surface area (Å²) >= 11 is 0. The van der Waals surface area contributed by atoms with Gasteiger partial charge < -0.3 is 9.84 Å². The highest BCUT2D eigenvalue weighted by Crippen LogP contribution is 2.41. The van der Waals surface area contributed by atoms with Crippen LogP contribution in [0.5, 0.6) is 5.75 Å². The van der Waals surface area contributed by atoms with E-state index in [2.05, 4.69) is 6.07 Å². The van der Waals surface area contributed by atoms with Gasteiger partial charge in [-0.15, -0.1) is 0 Å². The second kappa shape index (κ2) is 7.50. The molecule has 0 spiro atoms. The summed E-state index contributed by atoms with van der Waals surface area (Å²) in [6.07, 6.45) is 1.55. The second-order valence-electron chi connectivity index (χ2n) is 7.91. The fraction of sp³-hybridized carbons (Fsp3) is 0.0714.